The van der Waals surface area contributed by atoms with Crippen LogP contribution in [0.4, 0.5) is 0 Å². The number of hydrogen-bond donors (Lipinski definition) is 0. The quantitative estimate of drug-likeness (QED) is 0.322. The van der Waals surface area contributed by atoms with Crippen LogP contribution in [0.1, 0.15) is 23.6 Å². The second kappa shape index (κ2) is 9.32. The van der Waals surface area contributed by atoms with Gasteiger partial charge in [0.25, 0.3) is 0 Å². The molecule has 0 atom stereocenters. The molecule has 2 nitrogen and oxygen atoms in total. The number of hydrogen-bond acceptors (Lipinski definition) is 2. The molecule has 0 aromatic heterocycles. The molecule has 0 aliphatic heterocycles. The van der Waals surface area contributed by atoms with Crippen LogP contribution in [0.15, 0.2) is 128 Å². The molecule has 0 bridgehead atoms. The van der Waals surface area contributed by atoms with Crippen LogP contribution >= 0.6 is 0 Å². The lowest BCUT2D eigenvalue weighted by atomic mass is 9.75. The lowest BCUT2D eigenvalue weighted by molar-refractivity contribution is 0.307. The summed E-state index contributed by atoms with van der Waals surface area (Å²) >= 11 is 0. The van der Waals surface area contributed by atoms with E-state index in [2.05, 4.69) is 120 Å². The average molecular weight is 395 g/mol. The first-order valence-electron chi connectivity index (χ1n) is 10.1. The van der Waals surface area contributed by atoms with E-state index in [4.69, 9.17) is 0 Å². The summed E-state index contributed by atoms with van der Waals surface area (Å²) in [5.74, 6) is 0. The van der Waals surface area contributed by atoms with E-state index >= 15 is 0 Å². The smallest absolute Gasteiger partial charge is 0.120 e. The van der Waals surface area contributed by atoms with Crippen molar-refractivity contribution in [2.24, 2.45) is 0 Å². The maximum absolute atomic E-state index is 4.21. The maximum Gasteiger partial charge on any atom is 0.120 e. The van der Waals surface area contributed by atoms with Crippen LogP contribution in [0.5, 0.6) is 0 Å². The summed E-state index contributed by atoms with van der Waals surface area (Å²) in [5, 5.41) is 0. The molecule has 30 heavy (non-hydrogen) atoms. The average Bonchev–Trinajstić information content (AvgIpc) is 2.78. The first-order valence-corrected chi connectivity index (χ1v) is 10.1. The van der Waals surface area contributed by atoms with E-state index in [0.717, 1.165) is 11.3 Å². The van der Waals surface area contributed by atoms with Gasteiger partial charge in [-0.2, -0.15) is 0 Å². The lowest BCUT2D eigenvalue weighted by Crippen LogP contribution is -2.43. The van der Waals surface area contributed by atoms with Gasteiger partial charge in [-0.1, -0.05) is 104 Å². The van der Waals surface area contributed by atoms with Crippen LogP contribution in [0, 0.1) is 0 Å². The van der Waals surface area contributed by atoms with E-state index in [1.165, 1.54) is 16.7 Å². The molecule has 0 heterocycles. The van der Waals surface area contributed by atoms with Crippen LogP contribution in [0.2, 0.25) is 0 Å². The second-order valence-corrected chi connectivity index (χ2v) is 7.59. The molecule has 0 fully saturated rings. The van der Waals surface area contributed by atoms with E-state index in [1.54, 1.807) is 0 Å². The largest absolute Gasteiger partial charge is 0.376 e. The van der Waals surface area contributed by atoms with E-state index < -0.39 is 5.54 Å². The fourth-order valence-corrected chi connectivity index (χ4v) is 4.01. The number of rotatable bonds is 8. The third-order valence-corrected chi connectivity index (χ3v) is 5.34. The zero-order chi connectivity index (χ0) is 21.6. The summed E-state index contributed by atoms with van der Waals surface area (Å²) in [6, 6.07) is 31.8. The molecule has 0 aliphatic carbocycles. The second-order valence-electron chi connectivity index (χ2n) is 7.59. The number of allylic oxidation sites excluding steroid dienone is 1. The highest BCUT2D eigenvalue weighted by Gasteiger charge is 2.40. The highest BCUT2D eigenvalue weighted by atomic mass is 15.2. The highest BCUT2D eigenvalue weighted by Crippen LogP contribution is 2.43. The molecule has 0 aliphatic rings. The van der Waals surface area contributed by atoms with E-state index in [9.17, 15) is 0 Å². The molecule has 2 heteroatoms. The zero-order valence-electron chi connectivity index (χ0n) is 18.1. The summed E-state index contributed by atoms with van der Waals surface area (Å²) in [7, 11) is 4.08. The van der Waals surface area contributed by atoms with Gasteiger partial charge < -0.3 is 9.80 Å². The summed E-state index contributed by atoms with van der Waals surface area (Å²) in [6.07, 6.45) is 4.04. The Balaban J connectivity index is 2.43. The van der Waals surface area contributed by atoms with Gasteiger partial charge in [0.1, 0.15) is 5.54 Å². The molecule has 0 radical (unpaired) electrons. The van der Waals surface area contributed by atoms with Gasteiger partial charge in [0.2, 0.25) is 0 Å². The number of nitrogens with zero attached hydrogens (tertiary/aromatic N) is 2. The molecule has 3 aromatic rings. The molecule has 3 aromatic carbocycles. The van der Waals surface area contributed by atoms with Gasteiger partial charge in [-0.3, -0.25) is 0 Å². The van der Waals surface area contributed by atoms with Gasteiger partial charge in [0, 0.05) is 20.3 Å². The minimum absolute atomic E-state index is 0.581. The molecule has 3 rings (SSSR count). The van der Waals surface area contributed by atoms with Gasteiger partial charge in [0.15, 0.2) is 0 Å². The summed E-state index contributed by atoms with van der Waals surface area (Å²) < 4.78 is 0. The van der Waals surface area contributed by atoms with Crippen molar-refractivity contribution in [3.05, 3.63) is 145 Å². The molecule has 0 saturated carbocycles. The topological polar surface area (TPSA) is 6.48 Å². The SMILES string of the molecule is C=CN(/C=C(/C(=C)C)N(C)C)C(c1ccccc1)(c1ccccc1)c1ccccc1. The third-order valence-electron chi connectivity index (χ3n) is 5.34. The van der Waals surface area contributed by atoms with Gasteiger partial charge >= 0.3 is 0 Å². The standard InChI is InChI=1S/C28H30N2/c1-6-30(22-27(23(2)3)29(4)5)28(24-16-10-7-11-17-24,25-18-12-8-13-19-25)26-20-14-9-15-21-26/h6-22H,1-2H2,3-5H3/b27-22-. The lowest BCUT2D eigenvalue weighted by Gasteiger charge is -2.44. The monoisotopic (exact) mass is 394 g/mol. The first kappa shape index (κ1) is 21.2. The highest BCUT2D eigenvalue weighted by molar-refractivity contribution is 5.51. The Morgan fingerprint density at radius 1 is 0.733 bits per heavy atom. The van der Waals surface area contributed by atoms with Crippen molar-refractivity contribution in [3.8, 4) is 0 Å². The summed E-state index contributed by atoms with van der Waals surface area (Å²) in [4.78, 5) is 4.29. The van der Waals surface area contributed by atoms with Gasteiger partial charge in [-0.15, -0.1) is 0 Å². The predicted molar refractivity (Wildman–Crippen MR) is 128 cm³/mol. The molecule has 0 N–H and O–H groups in total. The molecular weight excluding hydrogens is 364 g/mol. The van der Waals surface area contributed by atoms with Crippen molar-refractivity contribution < 1.29 is 0 Å². The van der Waals surface area contributed by atoms with Crippen LogP contribution in [0.3, 0.4) is 0 Å². The Morgan fingerprint density at radius 2 is 1.10 bits per heavy atom. The summed E-state index contributed by atoms with van der Waals surface area (Å²) in [5.41, 5.74) is 4.95. The zero-order valence-corrected chi connectivity index (χ0v) is 18.1. The molecule has 0 saturated heterocycles. The molecule has 0 amide bonds. The predicted octanol–water partition coefficient (Wildman–Crippen LogP) is 6.40. The Morgan fingerprint density at radius 3 is 1.37 bits per heavy atom. The Kier molecular flexibility index (Phi) is 6.58. The van der Waals surface area contributed by atoms with Crippen molar-refractivity contribution in [3.63, 3.8) is 0 Å². The summed E-state index contributed by atoms with van der Waals surface area (Å²) in [6.45, 7) is 10.4. The molecule has 0 unspecified atom stereocenters. The van der Waals surface area contributed by atoms with Crippen LogP contribution in [-0.4, -0.2) is 23.9 Å². The van der Waals surface area contributed by atoms with Crippen LogP contribution in [0.25, 0.3) is 0 Å². The molecular formula is C28H30N2. The van der Waals surface area contributed by atoms with Gasteiger partial charge in [-0.05, 0) is 35.4 Å². The minimum Gasteiger partial charge on any atom is -0.376 e. The fraction of sp³-hybridized carbons (Fsp3) is 0.143. The van der Waals surface area contributed by atoms with E-state index in [-0.39, 0.29) is 0 Å². The van der Waals surface area contributed by atoms with Crippen molar-refractivity contribution in [2.75, 3.05) is 14.1 Å². The van der Waals surface area contributed by atoms with Crippen LogP contribution in [-0.2, 0) is 5.54 Å². The Hall–Kier alpha value is -3.52. The van der Waals surface area contributed by atoms with Crippen molar-refractivity contribution in [1.82, 2.24) is 9.80 Å². The first-order chi connectivity index (χ1) is 14.5. The van der Waals surface area contributed by atoms with Crippen molar-refractivity contribution in [1.29, 1.82) is 0 Å². The van der Waals surface area contributed by atoms with Gasteiger partial charge in [-0.25, -0.2) is 0 Å². The minimum atomic E-state index is -0.581. The normalized spacial score (nSPS) is 11.6. The van der Waals surface area contributed by atoms with E-state index in [0.29, 0.717) is 0 Å². The fourth-order valence-electron chi connectivity index (χ4n) is 4.01. The maximum atomic E-state index is 4.21. The van der Waals surface area contributed by atoms with Crippen molar-refractivity contribution >= 4 is 0 Å². The number of likely N-dealkylation sites (N-methyl/N-ethyl adjacent to an activating group) is 1. The van der Waals surface area contributed by atoms with E-state index in [1.807, 2.05) is 27.2 Å². The van der Waals surface area contributed by atoms with Crippen LogP contribution < -0.4 is 0 Å². The Bertz CT molecular complexity index is 906. The Labute approximate surface area is 181 Å². The third kappa shape index (κ3) is 3.95. The molecule has 0 spiro atoms. The van der Waals surface area contributed by atoms with Gasteiger partial charge in [0.05, 0.1) is 5.70 Å². The van der Waals surface area contributed by atoms with Crippen molar-refractivity contribution in [2.45, 2.75) is 12.5 Å². The number of benzene rings is 3. The molecule has 152 valence electrons.